The minimum atomic E-state index is -0.341. The van der Waals surface area contributed by atoms with E-state index in [0.717, 1.165) is 25.9 Å². The number of benzene rings is 1. The van der Waals surface area contributed by atoms with E-state index >= 15 is 0 Å². The van der Waals surface area contributed by atoms with Crippen LogP contribution in [0.25, 0.3) is 0 Å². The van der Waals surface area contributed by atoms with Crippen LogP contribution < -0.4 is 5.32 Å². The van der Waals surface area contributed by atoms with Crippen LogP contribution in [-0.2, 0) is 14.9 Å². The van der Waals surface area contributed by atoms with E-state index in [9.17, 15) is 9.59 Å². The Bertz CT molecular complexity index is 827. The van der Waals surface area contributed by atoms with Crippen molar-refractivity contribution in [3.05, 3.63) is 35.4 Å². The summed E-state index contributed by atoms with van der Waals surface area (Å²) in [4.78, 5) is 26.2. The summed E-state index contributed by atoms with van der Waals surface area (Å²) in [5.74, 6) is 0.955. The molecule has 156 valence electrons. The van der Waals surface area contributed by atoms with Gasteiger partial charge in [0.15, 0.2) is 0 Å². The first-order chi connectivity index (χ1) is 13.7. The topological polar surface area (TPSA) is 58.6 Å². The molecule has 5 heteroatoms. The van der Waals surface area contributed by atoms with Crippen molar-refractivity contribution in [2.45, 2.75) is 69.7 Å². The Labute approximate surface area is 173 Å². The average Bonchev–Trinajstić information content (AvgIpc) is 3.22. The maximum absolute atomic E-state index is 12.8. The number of alkyl carbamates (subject to hydrolysis) is 1. The Morgan fingerprint density at radius 3 is 2.41 bits per heavy atom. The van der Waals surface area contributed by atoms with E-state index in [1.54, 1.807) is 0 Å². The number of nitrogens with zero attached hydrogens (tertiary/aromatic N) is 1. The zero-order valence-corrected chi connectivity index (χ0v) is 17.8. The van der Waals surface area contributed by atoms with Crippen LogP contribution in [0.4, 0.5) is 4.79 Å². The van der Waals surface area contributed by atoms with E-state index in [1.807, 2.05) is 0 Å². The molecular formula is C24H32N2O3. The molecule has 4 aliphatic rings. The standard InChI is InChI=1S/C24H32N2O3/c1-22(2,3)19-6-4-16(5-7-19)17-8-9-23(10-17)13-26(14-23)20(27)18-11-24(12-18)15-29-21(28)25-24/h4-7,17-18H,8-15H2,1-3H3,(H,25,28)/t17?,18-,24+. The summed E-state index contributed by atoms with van der Waals surface area (Å²) in [7, 11) is 0. The molecule has 1 atom stereocenters. The molecule has 2 aliphatic carbocycles. The number of cyclic esters (lactones) is 1. The molecular weight excluding hydrogens is 364 g/mol. The van der Waals surface area contributed by atoms with Gasteiger partial charge in [0.05, 0.1) is 5.54 Å². The van der Waals surface area contributed by atoms with E-state index in [4.69, 9.17) is 4.74 Å². The number of likely N-dealkylation sites (tertiary alicyclic amines) is 1. The molecule has 1 N–H and O–H groups in total. The second kappa shape index (κ2) is 6.23. The number of amides is 2. The van der Waals surface area contributed by atoms with Gasteiger partial charge in [-0.25, -0.2) is 4.79 Å². The number of carbonyl (C=O) groups excluding carboxylic acids is 2. The van der Waals surface area contributed by atoms with Crippen LogP contribution in [0.1, 0.15) is 69.9 Å². The molecule has 0 bridgehead atoms. The van der Waals surface area contributed by atoms with Gasteiger partial charge in [0.2, 0.25) is 5.91 Å². The summed E-state index contributed by atoms with van der Waals surface area (Å²) in [6.07, 6.45) is 4.76. The van der Waals surface area contributed by atoms with Crippen molar-refractivity contribution < 1.29 is 14.3 Å². The first-order valence-corrected chi connectivity index (χ1v) is 11.0. The third-order valence-corrected chi connectivity index (χ3v) is 7.79. The van der Waals surface area contributed by atoms with Gasteiger partial charge >= 0.3 is 6.09 Å². The lowest BCUT2D eigenvalue weighted by Gasteiger charge is -2.52. The molecule has 2 amide bonds. The average molecular weight is 397 g/mol. The van der Waals surface area contributed by atoms with Crippen molar-refractivity contribution in [1.29, 1.82) is 0 Å². The van der Waals surface area contributed by atoms with Gasteiger partial charge in [-0.15, -0.1) is 0 Å². The van der Waals surface area contributed by atoms with E-state index in [2.05, 4.69) is 55.3 Å². The summed E-state index contributed by atoms with van der Waals surface area (Å²) in [6, 6.07) is 9.21. The molecule has 1 aromatic carbocycles. The Hall–Kier alpha value is -2.04. The van der Waals surface area contributed by atoms with Gasteiger partial charge in [0.1, 0.15) is 6.61 Å². The fraction of sp³-hybridized carbons (Fsp3) is 0.667. The fourth-order valence-electron chi connectivity index (χ4n) is 5.98. The molecule has 4 fully saturated rings. The molecule has 29 heavy (non-hydrogen) atoms. The second-order valence-corrected chi connectivity index (χ2v) is 11.1. The Morgan fingerprint density at radius 1 is 1.14 bits per heavy atom. The quantitative estimate of drug-likeness (QED) is 0.823. The van der Waals surface area contributed by atoms with Crippen molar-refractivity contribution in [1.82, 2.24) is 10.2 Å². The highest BCUT2D eigenvalue weighted by atomic mass is 16.6. The van der Waals surface area contributed by atoms with Gasteiger partial charge in [0, 0.05) is 24.4 Å². The SMILES string of the molecule is CC(C)(C)c1ccc(C2CCC3(C2)CN(C(=O)[C@H]2C[C@]4(COC(=O)N4)C2)C3)cc1. The molecule has 2 aliphatic heterocycles. The van der Waals surface area contributed by atoms with Crippen LogP contribution >= 0.6 is 0 Å². The first-order valence-electron chi connectivity index (χ1n) is 11.0. The highest BCUT2D eigenvalue weighted by molar-refractivity contribution is 5.82. The normalized spacial score (nSPS) is 32.7. The van der Waals surface area contributed by atoms with Crippen LogP contribution in [0.15, 0.2) is 24.3 Å². The number of rotatable bonds is 2. The van der Waals surface area contributed by atoms with Crippen molar-refractivity contribution in [2.24, 2.45) is 11.3 Å². The predicted molar refractivity (Wildman–Crippen MR) is 111 cm³/mol. The molecule has 2 spiro atoms. The van der Waals surface area contributed by atoms with Gasteiger partial charge in [-0.2, -0.15) is 0 Å². The number of hydrogen-bond acceptors (Lipinski definition) is 3. The van der Waals surface area contributed by atoms with Gasteiger partial charge in [-0.05, 0) is 54.6 Å². The largest absolute Gasteiger partial charge is 0.447 e. The fourth-order valence-corrected chi connectivity index (χ4v) is 5.98. The Balaban J connectivity index is 1.14. The van der Waals surface area contributed by atoms with Crippen LogP contribution in [-0.4, -0.2) is 42.1 Å². The monoisotopic (exact) mass is 396 g/mol. The minimum absolute atomic E-state index is 0.0523. The maximum atomic E-state index is 12.8. The second-order valence-electron chi connectivity index (χ2n) is 11.1. The molecule has 2 heterocycles. The predicted octanol–water partition coefficient (Wildman–Crippen LogP) is 3.97. The molecule has 2 saturated heterocycles. The lowest BCUT2D eigenvalue weighted by Crippen LogP contribution is -2.63. The third kappa shape index (κ3) is 3.23. The van der Waals surface area contributed by atoms with Crippen molar-refractivity contribution in [3.8, 4) is 0 Å². The Morgan fingerprint density at radius 2 is 1.83 bits per heavy atom. The van der Waals surface area contributed by atoms with Gasteiger partial charge < -0.3 is 15.0 Å². The molecule has 0 radical (unpaired) electrons. The first kappa shape index (κ1) is 19.0. The number of nitrogens with one attached hydrogen (secondary N) is 1. The van der Waals surface area contributed by atoms with Gasteiger partial charge in [-0.3, -0.25) is 4.79 Å². The lowest BCUT2D eigenvalue weighted by molar-refractivity contribution is -0.153. The minimum Gasteiger partial charge on any atom is -0.447 e. The molecule has 2 saturated carbocycles. The molecule has 5 rings (SSSR count). The van der Waals surface area contributed by atoms with Crippen molar-refractivity contribution in [2.75, 3.05) is 19.7 Å². The Kier molecular flexibility index (Phi) is 4.07. The maximum Gasteiger partial charge on any atom is 0.407 e. The van der Waals surface area contributed by atoms with Crippen LogP contribution in [0.5, 0.6) is 0 Å². The van der Waals surface area contributed by atoms with Gasteiger partial charge in [0.25, 0.3) is 0 Å². The zero-order valence-electron chi connectivity index (χ0n) is 17.8. The lowest BCUT2D eigenvalue weighted by atomic mass is 9.67. The number of hydrogen-bond donors (Lipinski definition) is 1. The number of ether oxygens (including phenoxy) is 1. The summed E-state index contributed by atoms with van der Waals surface area (Å²) in [5.41, 5.74) is 3.10. The van der Waals surface area contributed by atoms with Crippen LogP contribution in [0.2, 0.25) is 0 Å². The van der Waals surface area contributed by atoms with Crippen molar-refractivity contribution in [3.63, 3.8) is 0 Å². The number of carbonyl (C=O) groups is 2. The summed E-state index contributed by atoms with van der Waals surface area (Å²) < 4.78 is 5.02. The smallest absolute Gasteiger partial charge is 0.407 e. The molecule has 0 aromatic heterocycles. The van der Waals surface area contributed by atoms with Gasteiger partial charge in [-0.1, -0.05) is 45.0 Å². The van der Waals surface area contributed by atoms with Crippen molar-refractivity contribution >= 4 is 12.0 Å². The summed E-state index contributed by atoms with van der Waals surface area (Å²) in [6.45, 7) is 9.00. The molecule has 1 aromatic rings. The van der Waals surface area contributed by atoms with Crippen LogP contribution in [0, 0.1) is 11.3 Å². The van der Waals surface area contributed by atoms with E-state index in [1.165, 1.54) is 30.4 Å². The van der Waals surface area contributed by atoms with E-state index < -0.39 is 0 Å². The van der Waals surface area contributed by atoms with E-state index in [-0.39, 0.29) is 28.9 Å². The molecule has 1 unspecified atom stereocenters. The molecule has 5 nitrogen and oxygen atoms in total. The highest BCUT2D eigenvalue weighted by Gasteiger charge is 2.56. The summed E-state index contributed by atoms with van der Waals surface area (Å²) in [5, 5.41) is 2.88. The van der Waals surface area contributed by atoms with E-state index in [0.29, 0.717) is 17.9 Å². The summed E-state index contributed by atoms with van der Waals surface area (Å²) >= 11 is 0. The van der Waals surface area contributed by atoms with Crippen LogP contribution in [0.3, 0.4) is 0 Å². The highest BCUT2D eigenvalue weighted by Crippen LogP contribution is 2.53. The zero-order chi connectivity index (χ0) is 20.4. The third-order valence-electron chi connectivity index (χ3n) is 7.79.